The molecule has 0 unspecified atom stereocenters. The van der Waals surface area contributed by atoms with Gasteiger partial charge in [0.1, 0.15) is 0 Å². The lowest BCUT2D eigenvalue weighted by Crippen LogP contribution is -2.13. The zero-order chi connectivity index (χ0) is 13.7. The van der Waals surface area contributed by atoms with Gasteiger partial charge in [-0.2, -0.15) is 11.8 Å². The van der Waals surface area contributed by atoms with Gasteiger partial charge in [-0.1, -0.05) is 6.07 Å². The van der Waals surface area contributed by atoms with Crippen LogP contribution in [0, 0.1) is 5.41 Å². The number of hydrogen-bond donors (Lipinski definition) is 0. The highest BCUT2D eigenvalue weighted by molar-refractivity contribution is 7.98. The van der Waals surface area contributed by atoms with Crippen molar-refractivity contribution in [1.29, 1.82) is 0 Å². The zero-order valence-corrected chi connectivity index (χ0v) is 12.2. The number of esters is 1. The molecular formula is C14H19NO3S. The summed E-state index contributed by atoms with van der Waals surface area (Å²) in [4.78, 5) is 15.5. The van der Waals surface area contributed by atoms with Crippen molar-refractivity contribution in [3.8, 4) is 5.88 Å². The summed E-state index contributed by atoms with van der Waals surface area (Å²) in [5.74, 6) is 2.44. The quantitative estimate of drug-likeness (QED) is 0.719. The van der Waals surface area contributed by atoms with Crippen molar-refractivity contribution < 1.29 is 14.3 Å². The van der Waals surface area contributed by atoms with Crippen LogP contribution in [0.3, 0.4) is 0 Å². The Bertz CT molecular complexity index is 446. The third-order valence-electron chi connectivity index (χ3n) is 3.41. The summed E-state index contributed by atoms with van der Waals surface area (Å²) < 4.78 is 9.98. The molecule has 1 aliphatic carbocycles. The Morgan fingerprint density at radius 2 is 2.26 bits per heavy atom. The Hall–Kier alpha value is -1.23. The molecular weight excluding hydrogens is 262 g/mol. The van der Waals surface area contributed by atoms with E-state index in [1.807, 2.05) is 23.9 Å². The van der Waals surface area contributed by atoms with Crippen LogP contribution >= 0.6 is 11.8 Å². The molecule has 1 aliphatic rings. The maximum atomic E-state index is 11.3. The van der Waals surface area contributed by atoms with Crippen LogP contribution in [0.5, 0.6) is 5.88 Å². The largest absolute Gasteiger partial charge is 0.481 e. The van der Waals surface area contributed by atoms with Gasteiger partial charge in [0.25, 0.3) is 0 Å². The topological polar surface area (TPSA) is 48.4 Å². The molecule has 0 spiro atoms. The summed E-state index contributed by atoms with van der Waals surface area (Å²) in [6, 6.07) is 3.94. The predicted molar refractivity (Wildman–Crippen MR) is 75.3 cm³/mol. The van der Waals surface area contributed by atoms with Crippen LogP contribution in [0.1, 0.15) is 24.8 Å². The highest BCUT2D eigenvalue weighted by Crippen LogP contribution is 2.51. The Labute approximate surface area is 117 Å². The molecule has 0 atom stereocenters. The van der Waals surface area contributed by atoms with E-state index in [1.165, 1.54) is 7.11 Å². The van der Waals surface area contributed by atoms with Gasteiger partial charge in [0, 0.05) is 17.5 Å². The van der Waals surface area contributed by atoms with E-state index in [9.17, 15) is 4.79 Å². The molecule has 1 aromatic rings. The van der Waals surface area contributed by atoms with Crippen LogP contribution in [-0.2, 0) is 15.3 Å². The number of carbonyl (C=O) groups is 1. The van der Waals surface area contributed by atoms with Crippen molar-refractivity contribution in [2.45, 2.75) is 25.0 Å². The lowest BCUT2D eigenvalue weighted by molar-refractivity contribution is -0.141. The van der Waals surface area contributed by atoms with Crippen LogP contribution < -0.4 is 4.74 Å². The van der Waals surface area contributed by atoms with Gasteiger partial charge >= 0.3 is 5.97 Å². The van der Waals surface area contributed by atoms with Crippen LogP contribution in [0.15, 0.2) is 18.3 Å². The summed E-state index contributed by atoms with van der Waals surface area (Å²) in [5, 5.41) is 0. The molecule has 0 aromatic carbocycles. The van der Waals surface area contributed by atoms with E-state index < -0.39 is 0 Å². The third-order valence-corrected chi connectivity index (χ3v) is 4.74. The molecule has 1 heterocycles. The highest BCUT2D eigenvalue weighted by Gasteiger charge is 2.44. The molecule has 104 valence electrons. The number of ether oxygens (including phenoxy) is 2. The first-order chi connectivity index (χ1) is 9.19. The molecule has 1 saturated carbocycles. The van der Waals surface area contributed by atoms with E-state index in [2.05, 4.69) is 4.98 Å². The second-order valence-electron chi connectivity index (χ2n) is 4.92. The first-order valence-corrected chi connectivity index (χ1v) is 7.47. The Kier molecular flexibility index (Phi) is 4.69. The summed E-state index contributed by atoms with van der Waals surface area (Å²) >= 11 is 1.83. The standard InChI is InChI=1S/C14H19NO3S/c1-17-12(16)8-14(5-6-14)10-19-9-11-4-3-7-15-13(11)18-2/h3-4,7H,5-6,8-10H2,1-2H3. The predicted octanol–water partition coefficient (Wildman–Crippen LogP) is 2.67. The number of carbonyl (C=O) groups excluding carboxylic acids is 1. The van der Waals surface area contributed by atoms with Crippen LogP contribution in [-0.4, -0.2) is 30.9 Å². The Morgan fingerprint density at radius 1 is 1.47 bits per heavy atom. The number of rotatable bonds is 7. The minimum Gasteiger partial charge on any atom is -0.481 e. The number of hydrogen-bond acceptors (Lipinski definition) is 5. The molecule has 1 aromatic heterocycles. The molecule has 2 rings (SSSR count). The molecule has 0 saturated heterocycles. The fraction of sp³-hybridized carbons (Fsp3) is 0.571. The molecule has 0 amide bonds. The van der Waals surface area contributed by atoms with Gasteiger partial charge < -0.3 is 9.47 Å². The summed E-state index contributed by atoms with van der Waals surface area (Å²) in [6.45, 7) is 0. The maximum Gasteiger partial charge on any atom is 0.306 e. The molecule has 19 heavy (non-hydrogen) atoms. The van der Waals surface area contributed by atoms with Crippen molar-refractivity contribution >= 4 is 17.7 Å². The summed E-state index contributed by atoms with van der Waals surface area (Å²) in [7, 11) is 3.09. The van der Waals surface area contributed by atoms with Crippen molar-refractivity contribution in [2.24, 2.45) is 5.41 Å². The third kappa shape index (κ3) is 3.86. The Morgan fingerprint density at radius 3 is 2.89 bits per heavy atom. The molecule has 0 radical (unpaired) electrons. The second kappa shape index (κ2) is 6.28. The van der Waals surface area contributed by atoms with Crippen LogP contribution in [0.25, 0.3) is 0 Å². The van der Waals surface area contributed by atoms with Crippen molar-refractivity contribution in [3.63, 3.8) is 0 Å². The van der Waals surface area contributed by atoms with E-state index in [4.69, 9.17) is 9.47 Å². The van der Waals surface area contributed by atoms with E-state index in [1.54, 1.807) is 13.3 Å². The van der Waals surface area contributed by atoms with E-state index >= 15 is 0 Å². The molecule has 0 aliphatic heterocycles. The van der Waals surface area contributed by atoms with E-state index in [0.717, 1.165) is 29.9 Å². The molecule has 0 N–H and O–H groups in total. The highest BCUT2D eigenvalue weighted by atomic mass is 32.2. The lowest BCUT2D eigenvalue weighted by atomic mass is 10.1. The van der Waals surface area contributed by atoms with Gasteiger partial charge in [-0.3, -0.25) is 4.79 Å². The zero-order valence-electron chi connectivity index (χ0n) is 11.3. The number of pyridine rings is 1. The molecule has 5 heteroatoms. The van der Waals surface area contributed by atoms with Gasteiger partial charge in [0.15, 0.2) is 0 Å². The minimum atomic E-state index is -0.0999. The minimum absolute atomic E-state index is 0.0999. The average Bonchev–Trinajstić information content (AvgIpc) is 3.19. The number of thioether (sulfide) groups is 1. The van der Waals surface area contributed by atoms with Gasteiger partial charge in [-0.25, -0.2) is 4.98 Å². The molecule has 0 bridgehead atoms. The SMILES string of the molecule is COC(=O)CC1(CSCc2cccnc2OC)CC1. The summed E-state index contributed by atoms with van der Waals surface area (Å²) in [5.41, 5.74) is 1.27. The van der Waals surface area contributed by atoms with Gasteiger partial charge in [0.05, 0.1) is 20.6 Å². The summed E-state index contributed by atoms with van der Waals surface area (Å²) in [6.07, 6.45) is 4.52. The van der Waals surface area contributed by atoms with Crippen LogP contribution in [0.2, 0.25) is 0 Å². The Balaban J connectivity index is 1.82. The number of nitrogens with zero attached hydrogens (tertiary/aromatic N) is 1. The second-order valence-corrected chi connectivity index (χ2v) is 5.90. The number of aromatic nitrogens is 1. The van der Waals surface area contributed by atoms with Crippen molar-refractivity contribution in [2.75, 3.05) is 20.0 Å². The average molecular weight is 281 g/mol. The molecule has 1 fully saturated rings. The molecule has 4 nitrogen and oxygen atoms in total. The van der Waals surface area contributed by atoms with Crippen molar-refractivity contribution in [3.05, 3.63) is 23.9 Å². The van der Waals surface area contributed by atoms with Crippen LogP contribution in [0.4, 0.5) is 0 Å². The smallest absolute Gasteiger partial charge is 0.306 e. The fourth-order valence-electron chi connectivity index (χ4n) is 2.02. The van der Waals surface area contributed by atoms with Gasteiger partial charge in [-0.15, -0.1) is 0 Å². The first-order valence-electron chi connectivity index (χ1n) is 6.31. The number of methoxy groups -OCH3 is 2. The first kappa shape index (κ1) is 14.2. The fourth-order valence-corrected chi connectivity index (χ4v) is 3.39. The normalized spacial score (nSPS) is 15.9. The van der Waals surface area contributed by atoms with E-state index in [0.29, 0.717) is 12.3 Å². The maximum absolute atomic E-state index is 11.3. The van der Waals surface area contributed by atoms with Gasteiger partial charge in [0.2, 0.25) is 5.88 Å². The lowest BCUT2D eigenvalue weighted by Gasteiger charge is -2.13. The van der Waals surface area contributed by atoms with Gasteiger partial charge in [-0.05, 0) is 30.1 Å². The van der Waals surface area contributed by atoms with Crippen molar-refractivity contribution in [1.82, 2.24) is 4.98 Å². The monoisotopic (exact) mass is 281 g/mol. The van der Waals surface area contributed by atoms with E-state index in [-0.39, 0.29) is 11.4 Å².